The molecular formula is C14H21N3O3. The lowest BCUT2D eigenvalue weighted by atomic mass is 10.2. The van der Waals surface area contributed by atoms with E-state index in [0.29, 0.717) is 6.54 Å². The number of morpholine rings is 1. The fourth-order valence-corrected chi connectivity index (χ4v) is 2.03. The highest BCUT2D eigenvalue weighted by atomic mass is 16.5. The second kappa shape index (κ2) is 7.09. The molecule has 0 aromatic carbocycles. The van der Waals surface area contributed by atoms with Crippen molar-refractivity contribution in [2.45, 2.75) is 6.92 Å². The van der Waals surface area contributed by atoms with E-state index in [-0.39, 0.29) is 11.9 Å². The number of hydrogen-bond acceptors (Lipinski definition) is 6. The van der Waals surface area contributed by atoms with Gasteiger partial charge in [0.1, 0.15) is 5.82 Å². The summed E-state index contributed by atoms with van der Waals surface area (Å²) in [4.78, 5) is 17.9. The average molecular weight is 279 g/mol. The van der Waals surface area contributed by atoms with Gasteiger partial charge in [0.2, 0.25) is 0 Å². The first kappa shape index (κ1) is 14.6. The highest BCUT2D eigenvalue weighted by molar-refractivity contribution is 5.72. The van der Waals surface area contributed by atoms with E-state index >= 15 is 0 Å². The molecule has 1 unspecified atom stereocenters. The molecule has 2 heterocycles. The van der Waals surface area contributed by atoms with Gasteiger partial charge in [-0.05, 0) is 12.1 Å². The zero-order valence-corrected chi connectivity index (χ0v) is 12.0. The molecule has 0 saturated carbocycles. The van der Waals surface area contributed by atoms with Crippen LogP contribution in [0.4, 0.5) is 11.5 Å². The van der Waals surface area contributed by atoms with E-state index in [1.54, 1.807) is 6.20 Å². The van der Waals surface area contributed by atoms with Gasteiger partial charge < -0.3 is 19.7 Å². The Morgan fingerprint density at radius 2 is 2.25 bits per heavy atom. The normalized spacial score (nSPS) is 16.6. The summed E-state index contributed by atoms with van der Waals surface area (Å²) in [6, 6.07) is 3.96. The predicted molar refractivity (Wildman–Crippen MR) is 76.9 cm³/mol. The Labute approximate surface area is 119 Å². The highest BCUT2D eigenvalue weighted by Gasteiger charge is 2.14. The quantitative estimate of drug-likeness (QED) is 0.815. The Morgan fingerprint density at radius 3 is 2.85 bits per heavy atom. The zero-order valence-electron chi connectivity index (χ0n) is 12.0. The minimum atomic E-state index is -0.213. The Balaban J connectivity index is 1.86. The van der Waals surface area contributed by atoms with Crippen LogP contribution in [0.15, 0.2) is 18.3 Å². The first-order valence-electron chi connectivity index (χ1n) is 6.81. The van der Waals surface area contributed by atoms with E-state index in [2.05, 4.69) is 19.9 Å². The van der Waals surface area contributed by atoms with E-state index in [1.165, 1.54) is 7.11 Å². The standard InChI is InChI=1S/C14H21N3O3/c1-11(14(18)19-2)9-15-12-3-4-13(16-10-12)17-5-7-20-8-6-17/h3-4,10-11,15H,5-9H2,1-2H3. The van der Waals surface area contributed by atoms with Crippen molar-refractivity contribution in [2.75, 3.05) is 50.2 Å². The molecule has 0 radical (unpaired) electrons. The van der Waals surface area contributed by atoms with Crippen LogP contribution >= 0.6 is 0 Å². The minimum Gasteiger partial charge on any atom is -0.469 e. The van der Waals surface area contributed by atoms with Gasteiger partial charge in [0.15, 0.2) is 0 Å². The van der Waals surface area contributed by atoms with Crippen LogP contribution in [0.25, 0.3) is 0 Å². The lowest BCUT2D eigenvalue weighted by Crippen LogP contribution is -2.36. The zero-order chi connectivity index (χ0) is 14.4. The third-order valence-electron chi connectivity index (χ3n) is 3.30. The number of carbonyl (C=O) groups is 1. The summed E-state index contributed by atoms with van der Waals surface area (Å²) in [7, 11) is 1.40. The SMILES string of the molecule is COC(=O)C(C)CNc1ccc(N2CCOCC2)nc1. The molecule has 0 aliphatic carbocycles. The van der Waals surface area contributed by atoms with Crippen molar-refractivity contribution >= 4 is 17.5 Å². The molecule has 0 bridgehead atoms. The van der Waals surface area contributed by atoms with Crippen LogP contribution in [0.2, 0.25) is 0 Å². The molecule has 6 heteroatoms. The first-order chi connectivity index (χ1) is 9.70. The van der Waals surface area contributed by atoms with Gasteiger partial charge in [0, 0.05) is 19.6 Å². The van der Waals surface area contributed by atoms with Crippen LogP contribution in [-0.4, -0.2) is 50.9 Å². The van der Waals surface area contributed by atoms with E-state index in [1.807, 2.05) is 19.1 Å². The number of methoxy groups -OCH3 is 1. The van der Waals surface area contributed by atoms with Crippen LogP contribution < -0.4 is 10.2 Å². The van der Waals surface area contributed by atoms with Crippen LogP contribution in [0, 0.1) is 5.92 Å². The Morgan fingerprint density at radius 1 is 1.50 bits per heavy atom. The van der Waals surface area contributed by atoms with Crippen LogP contribution in [0.1, 0.15) is 6.92 Å². The third-order valence-corrected chi connectivity index (χ3v) is 3.30. The van der Waals surface area contributed by atoms with E-state index in [0.717, 1.165) is 37.8 Å². The Bertz CT molecular complexity index is 430. The summed E-state index contributed by atoms with van der Waals surface area (Å²) in [5.74, 6) is 0.564. The molecule has 0 amide bonds. The second-order valence-electron chi connectivity index (χ2n) is 4.81. The topological polar surface area (TPSA) is 63.7 Å². The highest BCUT2D eigenvalue weighted by Crippen LogP contribution is 2.15. The van der Waals surface area contributed by atoms with Gasteiger partial charge in [0.25, 0.3) is 0 Å². The maximum Gasteiger partial charge on any atom is 0.310 e. The molecule has 6 nitrogen and oxygen atoms in total. The lowest BCUT2D eigenvalue weighted by Gasteiger charge is -2.27. The molecule has 1 aliphatic rings. The Kier molecular flexibility index (Phi) is 5.17. The molecule has 1 aromatic heterocycles. The fourth-order valence-electron chi connectivity index (χ4n) is 2.03. The Hall–Kier alpha value is -1.82. The molecule has 1 atom stereocenters. The maximum absolute atomic E-state index is 11.3. The maximum atomic E-state index is 11.3. The van der Waals surface area contributed by atoms with E-state index < -0.39 is 0 Å². The molecule has 1 aliphatic heterocycles. The molecule has 0 spiro atoms. The molecule has 1 fully saturated rings. The fraction of sp³-hybridized carbons (Fsp3) is 0.571. The molecule has 110 valence electrons. The van der Waals surface area contributed by atoms with E-state index in [9.17, 15) is 4.79 Å². The molecule has 20 heavy (non-hydrogen) atoms. The summed E-state index contributed by atoms with van der Waals surface area (Å²) in [6.45, 7) is 5.61. The van der Waals surface area contributed by atoms with Gasteiger partial charge in [-0.15, -0.1) is 0 Å². The van der Waals surface area contributed by atoms with Gasteiger partial charge in [0.05, 0.1) is 38.1 Å². The lowest BCUT2D eigenvalue weighted by molar-refractivity contribution is -0.144. The first-order valence-corrected chi connectivity index (χ1v) is 6.81. The number of pyridine rings is 1. The van der Waals surface area contributed by atoms with Crippen molar-refractivity contribution in [3.8, 4) is 0 Å². The number of nitrogens with zero attached hydrogens (tertiary/aromatic N) is 2. The van der Waals surface area contributed by atoms with Crippen molar-refractivity contribution in [3.63, 3.8) is 0 Å². The van der Waals surface area contributed by atoms with Gasteiger partial charge in [-0.25, -0.2) is 4.98 Å². The summed E-state index contributed by atoms with van der Waals surface area (Å²) >= 11 is 0. The largest absolute Gasteiger partial charge is 0.469 e. The van der Waals surface area contributed by atoms with Crippen LogP contribution in [0.5, 0.6) is 0 Å². The van der Waals surface area contributed by atoms with Crippen molar-refractivity contribution in [1.29, 1.82) is 0 Å². The van der Waals surface area contributed by atoms with Crippen molar-refractivity contribution in [3.05, 3.63) is 18.3 Å². The van der Waals surface area contributed by atoms with Crippen LogP contribution in [-0.2, 0) is 14.3 Å². The van der Waals surface area contributed by atoms with Gasteiger partial charge in [-0.3, -0.25) is 4.79 Å². The third kappa shape index (κ3) is 3.84. The molecule has 2 rings (SSSR count). The van der Waals surface area contributed by atoms with E-state index in [4.69, 9.17) is 4.74 Å². The summed E-state index contributed by atoms with van der Waals surface area (Å²) in [5.41, 5.74) is 0.901. The van der Waals surface area contributed by atoms with Crippen molar-refractivity contribution in [1.82, 2.24) is 4.98 Å². The van der Waals surface area contributed by atoms with Gasteiger partial charge >= 0.3 is 5.97 Å². The number of rotatable bonds is 5. The van der Waals surface area contributed by atoms with Gasteiger partial charge in [-0.1, -0.05) is 6.92 Å². The number of nitrogens with one attached hydrogen (secondary N) is 1. The predicted octanol–water partition coefficient (Wildman–Crippen LogP) is 1.14. The van der Waals surface area contributed by atoms with Crippen molar-refractivity contribution < 1.29 is 14.3 Å². The number of esters is 1. The van der Waals surface area contributed by atoms with Crippen molar-refractivity contribution in [2.24, 2.45) is 5.92 Å². The van der Waals surface area contributed by atoms with Crippen LogP contribution in [0.3, 0.4) is 0 Å². The summed E-state index contributed by atoms with van der Waals surface area (Å²) in [5, 5.41) is 3.18. The molecular weight excluding hydrogens is 258 g/mol. The monoisotopic (exact) mass is 279 g/mol. The number of anilines is 2. The average Bonchev–Trinajstić information content (AvgIpc) is 2.53. The number of carbonyl (C=O) groups excluding carboxylic acids is 1. The molecule has 1 aromatic rings. The summed E-state index contributed by atoms with van der Waals surface area (Å²) in [6.07, 6.45) is 1.79. The number of ether oxygens (including phenoxy) is 2. The summed E-state index contributed by atoms with van der Waals surface area (Å²) < 4.78 is 10.0. The molecule has 1 saturated heterocycles. The number of aromatic nitrogens is 1. The number of hydrogen-bond donors (Lipinski definition) is 1. The van der Waals surface area contributed by atoms with Gasteiger partial charge in [-0.2, -0.15) is 0 Å². The molecule has 1 N–H and O–H groups in total. The minimum absolute atomic E-state index is 0.182. The smallest absolute Gasteiger partial charge is 0.310 e. The second-order valence-corrected chi connectivity index (χ2v) is 4.81.